The van der Waals surface area contributed by atoms with Gasteiger partial charge in [-0.2, -0.15) is 0 Å². The van der Waals surface area contributed by atoms with Crippen molar-refractivity contribution < 1.29 is 9.53 Å². The van der Waals surface area contributed by atoms with Crippen molar-refractivity contribution in [2.24, 2.45) is 0 Å². The average molecular weight is 358 g/mol. The number of hydrogen-bond acceptors (Lipinski definition) is 4. The molecule has 134 valence electrons. The maximum Gasteiger partial charge on any atom is 0.275 e. The van der Waals surface area contributed by atoms with Gasteiger partial charge in [0.1, 0.15) is 17.1 Å². The second-order valence-electron chi connectivity index (χ2n) is 5.95. The number of imidazole rings is 1. The number of hydrogen-bond donors (Lipinski definition) is 2. The number of rotatable bonds is 5. The molecular weight excluding hydrogens is 340 g/mol. The van der Waals surface area contributed by atoms with Crippen molar-refractivity contribution in [1.29, 1.82) is 0 Å². The van der Waals surface area contributed by atoms with E-state index in [0.717, 1.165) is 22.8 Å². The van der Waals surface area contributed by atoms with Crippen LogP contribution < -0.4 is 15.4 Å². The van der Waals surface area contributed by atoms with E-state index in [0.29, 0.717) is 11.4 Å². The average Bonchev–Trinajstić information content (AvgIpc) is 3.14. The molecule has 2 aromatic heterocycles. The first-order valence-electron chi connectivity index (χ1n) is 8.48. The lowest BCUT2D eigenvalue weighted by molar-refractivity contribution is 0.102. The fourth-order valence-corrected chi connectivity index (χ4v) is 2.76. The Morgan fingerprint density at radius 2 is 1.70 bits per heavy atom. The fraction of sp³-hybridized carbons (Fsp3) is 0.0476. The number of carbonyl (C=O) groups excluding carboxylic acids is 1. The predicted molar refractivity (Wildman–Crippen MR) is 106 cm³/mol. The molecule has 6 nitrogen and oxygen atoms in total. The van der Waals surface area contributed by atoms with E-state index in [4.69, 9.17) is 4.74 Å². The van der Waals surface area contributed by atoms with Crippen LogP contribution in [0.15, 0.2) is 79.1 Å². The zero-order valence-electron chi connectivity index (χ0n) is 14.7. The molecule has 4 aromatic rings. The Morgan fingerprint density at radius 3 is 2.44 bits per heavy atom. The summed E-state index contributed by atoms with van der Waals surface area (Å²) >= 11 is 0. The molecule has 0 atom stereocenters. The van der Waals surface area contributed by atoms with Gasteiger partial charge in [0.2, 0.25) is 0 Å². The Morgan fingerprint density at radius 1 is 0.963 bits per heavy atom. The van der Waals surface area contributed by atoms with Crippen LogP contribution in [0.1, 0.15) is 10.5 Å². The molecular formula is C21H18N4O2. The quantitative estimate of drug-likeness (QED) is 0.557. The molecule has 0 bridgehead atoms. The maximum atomic E-state index is 12.6. The number of methoxy groups -OCH3 is 1. The summed E-state index contributed by atoms with van der Waals surface area (Å²) in [5.74, 6) is 0.525. The Hall–Kier alpha value is -3.80. The highest BCUT2D eigenvalue weighted by Crippen LogP contribution is 2.26. The Labute approximate surface area is 156 Å². The van der Waals surface area contributed by atoms with Crippen LogP contribution in [0, 0.1) is 0 Å². The third-order valence-electron chi connectivity index (χ3n) is 4.14. The lowest BCUT2D eigenvalue weighted by Crippen LogP contribution is -2.13. The van der Waals surface area contributed by atoms with E-state index >= 15 is 0 Å². The summed E-state index contributed by atoms with van der Waals surface area (Å²) < 4.78 is 6.99. The number of nitrogens with zero attached hydrogens (tertiary/aromatic N) is 2. The molecule has 1 amide bonds. The number of para-hydroxylation sites is 2. The van der Waals surface area contributed by atoms with Gasteiger partial charge in [-0.25, -0.2) is 4.98 Å². The van der Waals surface area contributed by atoms with Crippen LogP contribution in [-0.2, 0) is 0 Å². The smallest absolute Gasteiger partial charge is 0.275 e. The molecule has 4 rings (SSSR count). The molecule has 0 spiro atoms. The maximum absolute atomic E-state index is 12.6. The third-order valence-corrected chi connectivity index (χ3v) is 4.14. The van der Waals surface area contributed by atoms with Gasteiger partial charge >= 0.3 is 0 Å². The van der Waals surface area contributed by atoms with Gasteiger partial charge < -0.3 is 19.8 Å². The molecule has 0 aliphatic rings. The molecule has 27 heavy (non-hydrogen) atoms. The molecule has 2 heterocycles. The molecule has 2 aromatic carbocycles. The molecule has 2 N–H and O–H groups in total. The summed E-state index contributed by atoms with van der Waals surface area (Å²) in [6.45, 7) is 0. The van der Waals surface area contributed by atoms with E-state index < -0.39 is 0 Å². The van der Waals surface area contributed by atoms with Gasteiger partial charge in [-0.3, -0.25) is 4.79 Å². The van der Waals surface area contributed by atoms with Crippen molar-refractivity contribution in [2.45, 2.75) is 0 Å². The van der Waals surface area contributed by atoms with Gasteiger partial charge in [-0.15, -0.1) is 0 Å². The zero-order chi connectivity index (χ0) is 18.6. The van der Waals surface area contributed by atoms with E-state index in [2.05, 4.69) is 15.6 Å². The summed E-state index contributed by atoms with van der Waals surface area (Å²) in [4.78, 5) is 17.0. The topological polar surface area (TPSA) is 67.7 Å². The lowest BCUT2D eigenvalue weighted by Gasteiger charge is -2.13. The van der Waals surface area contributed by atoms with E-state index in [1.807, 2.05) is 77.3 Å². The number of anilines is 3. The SMILES string of the molecule is COc1ccc(Nc2ccccc2NC(=O)c2cn3ccccc3n2)cc1. The second kappa shape index (κ2) is 7.21. The minimum Gasteiger partial charge on any atom is -0.497 e. The van der Waals surface area contributed by atoms with E-state index in [9.17, 15) is 4.79 Å². The number of pyridine rings is 1. The van der Waals surface area contributed by atoms with Gasteiger partial charge in [-0.1, -0.05) is 18.2 Å². The van der Waals surface area contributed by atoms with Gasteiger partial charge in [0.25, 0.3) is 5.91 Å². The number of nitrogens with one attached hydrogen (secondary N) is 2. The number of amides is 1. The number of benzene rings is 2. The highest BCUT2D eigenvalue weighted by atomic mass is 16.5. The van der Waals surface area contributed by atoms with Crippen LogP contribution in [0.2, 0.25) is 0 Å². The molecule has 0 fully saturated rings. The normalized spacial score (nSPS) is 10.6. The van der Waals surface area contributed by atoms with Gasteiger partial charge in [0.05, 0.1) is 18.5 Å². The zero-order valence-corrected chi connectivity index (χ0v) is 14.7. The van der Waals surface area contributed by atoms with Crippen molar-refractivity contribution in [3.8, 4) is 5.75 Å². The number of fused-ring (bicyclic) bond motifs is 1. The molecule has 0 radical (unpaired) electrons. The molecule has 0 saturated heterocycles. The van der Waals surface area contributed by atoms with E-state index in [1.54, 1.807) is 13.3 Å². The van der Waals surface area contributed by atoms with Crippen LogP contribution in [0.4, 0.5) is 17.1 Å². The summed E-state index contributed by atoms with van der Waals surface area (Å²) in [7, 11) is 1.63. The number of carbonyl (C=O) groups is 1. The lowest BCUT2D eigenvalue weighted by atomic mass is 10.2. The van der Waals surface area contributed by atoms with Crippen LogP contribution in [0.25, 0.3) is 5.65 Å². The molecule has 0 unspecified atom stereocenters. The second-order valence-corrected chi connectivity index (χ2v) is 5.95. The van der Waals surface area contributed by atoms with Gasteiger partial charge in [0, 0.05) is 18.1 Å². The van der Waals surface area contributed by atoms with Crippen molar-refractivity contribution in [3.05, 3.63) is 84.8 Å². The van der Waals surface area contributed by atoms with E-state index in [1.165, 1.54) is 0 Å². The van der Waals surface area contributed by atoms with Crippen molar-refractivity contribution in [2.75, 3.05) is 17.7 Å². The Bertz CT molecular complexity index is 1050. The Balaban J connectivity index is 1.55. The highest BCUT2D eigenvalue weighted by molar-refractivity contribution is 6.05. The standard InChI is InChI=1S/C21H18N4O2/c1-27-16-11-9-15(10-12-16)22-17-6-2-3-7-18(17)24-21(26)19-14-25-13-5-4-8-20(25)23-19/h2-14,22H,1H3,(H,24,26). The first-order chi connectivity index (χ1) is 13.2. The molecule has 0 saturated carbocycles. The Kier molecular flexibility index (Phi) is 4.45. The van der Waals surface area contributed by atoms with Gasteiger partial charge in [-0.05, 0) is 48.5 Å². The predicted octanol–water partition coefficient (Wildman–Crippen LogP) is 4.34. The number of ether oxygens (including phenoxy) is 1. The molecule has 0 aliphatic carbocycles. The fourth-order valence-electron chi connectivity index (χ4n) is 2.76. The molecule has 0 aliphatic heterocycles. The monoisotopic (exact) mass is 358 g/mol. The van der Waals surface area contributed by atoms with Crippen molar-refractivity contribution in [1.82, 2.24) is 9.38 Å². The summed E-state index contributed by atoms with van der Waals surface area (Å²) in [6, 6.07) is 20.8. The molecule has 6 heteroatoms. The first kappa shape index (κ1) is 16.7. The number of aromatic nitrogens is 2. The van der Waals surface area contributed by atoms with Gasteiger partial charge in [0.15, 0.2) is 0 Å². The first-order valence-corrected chi connectivity index (χ1v) is 8.48. The minimum atomic E-state index is -0.261. The van der Waals surface area contributed by atoms with Crippen molar-refractivity contribution >= 4 is 28.6 Å². The summed E-state index contributed by atoms with van der Waals surface area (Å²) in [6.07, 6.45) is 3.57. The largest absolute Gasteiger partial charge is 0.497 e. The van der Waals surface area contributed by atoms with Crippen LogP contribution >= 0.6 is 0 Å². The van der Waals surface area contributed by atoms with Crippen LogP contribution in [-0.4, -0.2) is 22.4 Å². The highest BCUT2D eigenvalue weighted by Gasteiger charge is 2.13. The minimum absolute atomic E-state index is 0.261. The summed E-state index contributed by atoms with van der Waals surface area (Å²) in [5.41, 5.74) is 3.45. The summed E-state index contributed by atoms with van der Waals surface area (Å²) in [5, 5.41) is 6.24. The van der Waals surface area contributed by atoms with Crippen LogP contribution in [0.3, 0.4) is 0 Å². The third kappa shape index (κ3) is 3.59. The van der Waals surface area contributed by atoms with E-state index in [-0.39, 0.29) is 5.91 Å². The van der Waals surface area contributed by atoms with Crippen LogP contribution in [0.5, 0.6) is 5.75 Å². The van der Waals surface area contributed by atoms with Crippen molar-refractivity contribution in [3.63, 3.8) is 0 Å².